The number of aryl methyl sites for hydroxylation is 2. The first kappa shape index (κ1) is 19.8. The van der Waals surface area contributed by atoms with E-state index >= 15 is 0 Å². The zero-order valence-electron chi connectivity index (χ0n) is 16.3. The number of hydrogen-bond acceptors (Lipinski definition) is 5. The van der Waals surface area contributed by atoms with Gasteiger partial charge in [0.25, 0.3) is 5.56 Å². The van der Waals surface area contributed by atoms with Crippen LogP contribution in [0.25, 0.3) is 16.8 Å². The molecular weight excluding hydrogens is 405 g/mol. The van der Waals surface area contributed by atoms with Crippen molar-refractivity contribution in [3.05, 3.63) is 75.8 Å². The minimum absolute atomic E-state index is 0.0909. The minimum Gasteiger partial charge on any atom is -0.325 e. The molecule has 0 atom stereocenters. The highest BCUT2D eigenvalue weighted by Crippen LogP contribution is 2.23. The molecule has 2 N–H and O–H groups in total. The lowest BCUT2D eigenvalue weighted by molar-refractivity contribution is -0.113. The molecule has 0 saturated heterocycles. The maximum Gasteiger partial charge on any atom is 0.290 e. The van der Waals surface area contributed by atoms with Gasteiger partial charge < -0.3 is 5.32 Å². The first-order valence-electron chi connectivity index (χ1n) is 9.15. The molecule has 0 aliphatic carbocycles. The van der Waals surface area contributed by atoms with E-state index in [9.17, 15) is 14.0 Å². The Morgan fingerprint density at radius 3 is 2.57 bits per heavy atom. The van der Waals surface area contributed by atoms with E-state index in [-0.39, 0.29) is 17.5 Å². The van der Waals surface area contributed by atoms with Crippen LogP contribution in [-0.2, 0) is 4.79 Å². The number of carbonyl (C=O) groups is 1. The van der Waals surface area contributed by atoms with Crippen molar-refractivity contribution in [3.8, 4) is 11.3 Å². The van der Waals surface area contributed by atoms with Crippen LogP contribution in [0.1, 0.15) is 11.1 Å². The number of thioether (sulfide) groups is 1. The number of aromatic nitrogens is 4. The number of H-pyrrole nitrogens is 1. The van der Waals surface area contributed by atoms with Gasteiger partial charge in [-0.25, -0.2) is 14.0 Å². The van der Waals surface area contributed by atoms with Gasteiger partial charge in [-0.1, -0.05) is 30.0 Å². The number of carbonyl (C=O) groups excluding carboxylic acids is 1. The lowest BCUT2D eigenvalue weighted by Gasteiger charge is -2.11. The summed E-state index contributed by atoms with van der Waals surface area (Å²) in [5.41, 5.74) is 3.82. The fourth-order valence-electron chi connectivity index (χ4n) is 3.06. The van der Waals surface area contributed by atoms with Crippen molar-refractivity contribution in [2.24, 2.45) is 0 Å². The Morgan fingerprint density at radius 1 is 1.17 bits per heavy atom. The number of benzene rings is 2. The number of hydrogen-bond donors (Lipinski definition) is 2. The maximum atomic E-state index is 13.2. The SMILES string of the molecule is Cc1cccc(C)c1NC(=O)CSc1n[nH]c(=O)c2cc(-c3ccc(F)cc3)nn12. The molecule has 1 amide bonds. The van der Waals surface area contributed by atoms with Crippen molar-refractivity contribution in [3.63, 3.8) is 0 Å². The molecule has 2 heterocycles. The highest BCUT2D eigenvalue weighted by atomic mass is 32.2. The van der Waals surface area contributed by atoms with Gasteiger partial charge in [0, 0.05) is 11.3 Å². The molecule has 0 spiro atoms. The molecule has 4 aromatic rings. The Balaban J connectivity index is 1.57. The minimum atomic E-state index is -0.403. The molecular formula is C21H18FN5O2S. The Hall–Kier alpha value is -3.46. The number of rotatable bonds is 5. The summed E-state index contributed by atoms with van der Waals surface area (Å²) in [5.74, 6) is -0.453. The molecule has 4 rings (SSSR count). The van der Waals surface area contributed by atoms with Gasteiger partial charge in [-0.3, -0.25) is 9.59 Å². The van der Waals surface area contributed by atoms with Crippen LogP contribution < -0.4 is 10.9 Å². The third kappa shape index (κ3) is 3.97. The van der Waals surface area contributed by atoms with Crippen molar-refractivity contribution < 1.29 is 9.18 Å². The quantitative estimate of drug-likeness (QED) is 0.479. The molecule has 30 heavy (non-hydrogen) atoms. The second-order valence-electron chi connectivity index (χ2n) is 6.77. The lowest BCUT2D eigenvalue weighted by atomic mass is 10.1. The van der Waals surface area contributed by atoms with E-state index < -0.39 is 5.56 Å². The van der Waals surface area contributed by atoms with E-state index in [2.05, 4.69) is 20.6 Å². The largest absolute Gasteiger partial charge is 0.325 e. The Bertz CT molecular complexity index is 1280. The molecule has 0 radical (unpaired) electrons. The van der Waals surface area contributed by atoms with E-state index in [0.717, 1.165) is 28.6 Å². The second-order valence-corrected chi connectivity index (χ2v) is 7.71. The zero-order valence-corrected chi connectivity index (χ0v) is 17.1. The zero-order chi connectivity index (χ0) is 21.3. The highest BCUT2D eigenvalue weighted by Gasteiger charge is 2.14. The van der Waals surface area contributed by atoms with Crippen molar-refractivity contribution in [2.75, 3.05) is 11.1 Å². The number of nitrogens with zero attached hydrogens (tertiary/aromatic N) is 3. The average molecular weight is 423 g/mol. The van der Waals surface area contributed by atoms with Crippen LogP contribution in [0.3, 0.4) is 0 Å². The van der Waals surface area contributed by atoms with Gasteiger partial charge in [0.15, 0.2) is 0 Å². The number of anilines is 1. The van der Waals surface area contributed by atoms with Crippen LogP contribution in [0.5, 0.6) is 0 Å². The van der Waals surface area contributed by atoms with Crippen molar-refractivity contribution in [1.82, 2.24) is 19.8 Å². The molecule has 7 nitrogen and oxygen atoms in total. The third-order valence-electron chi connectivity index (χ3n) is 4.59. The lowest BCUT2D eigenvalue weighted by Crippen LogP contribution is -2.18. The second kappa shape index (κ2) is 8.11. The summed E-state index contributed by atoms with van der Waals surface area (Å²) < 4.78 is 14.6. The summed E-state index contributed by atoms with van der Waals surface area (Å²) in [6.07, 6.45) is 0. The van der Waals surface area contributed by atoms with E-state index in [1.807, 2.05) is 32.0 Å². The highest BCUT2D eigenvalue weighted by molar-refractivity contribution is 7.99. The third-order valence-corrected chi connectivity index (χ3v) is 5.52. The predicted octanol–water partition coefficient (Wildman–Crippen LogP) is 3.57. The molecule has 0 aliphatic rings. The van der Waals surface area contributed by atoms with Crippen LogP contribution in [0.2, 0.25) is 0 Å². The Labute approximate surface area is 175 Å². The van der Waals surface area contributed by atoms with Crippen LogP contribution in [0, 0.1) is 19.7 Å². The van der Waals surface area contributed by atoms with Crippen LogP contribution in [0.4, 0.5) is 10.1 Å². The predicted molar refractivity (Wildman–Crippen MR) is 114 cm³/mol. The fraction of sp³-hybridized carbons (Fsp3) is 0.143. The number of amides is 1. The van der Waals surface area contributed by atoms with E-state index in [4.69, 9.17) is 0 Å². The van der Waals surface area contributed by atoms with Gasteiger partial charge in [0.2, 0.25) is 11.1 Å². The monoisotopic (exact) mass is 423 g/mol. The summed E-state index contributed by atoms with van der Waals surface area (Å²) in [6.45, 7) is 3.87. The Kier molecular flexibility index (Phi) is 5.37. The number of para-hydroxylation sites is 1. The van der Waals surface area contributed by atoms with Crippen LogP contribution in [-0.4, -0.2) is 31.5 Å². The van der Waals surface area contributed by atoms with E-state index in [0.29, 0.717) is 21.9 Å². The number of aromatic amines is 1. The average Bonchev–Trinajstić information content (AvgIpc) is 3.17. The summed E-state index contributed by atoms with van der Waals surface area (Å²) in [5, 5.41) is 14.2. The van der Waals surface area contributed by atoms with E-state index in [1.165, 1.54) is 16.6 Å². The number of fused-ring (bicyclic) bond motifs is 1. The molecule has 0 aliphatic heterocycles. The van der Waals surface area contributed by atoms with Gasteiger partial charge in [-0.15, -0.1) is 5.10 Å². The van der Waals surface area contributed by atoms with Crippen LogP contribution in [0.15, 0.2) is 58.5 Å². The van der Waals surface area contributed by atoms with Crippen molar-refractivity contribution >= 4 is 28.9 Å². The maximum absolute atomic E-state index is 13.2. The Morgan fingerprint density at radius 2 is 1.87 bits per heavy atom. The number of halogens is 1. The first-order valence-corrected chi connectivity index (χ1v) is 10.1. The van der Waals surface area contributed by atoms with E-state index in [1.54, 1.807) is 18.2 Å². The molecule has 0 unspecified atom stereocenters. The summed E-state index contributed by atoms with van der Waals surface area (Å²) in [6, 6.07) is 13.2. The van der Waals surface area contributed by atoms with Crippen LogP contribution >= 0.6 is 11.8 Å². The van der Waals surface area contributed by atoms with Gasteiger partial charge >= 0.3 is 0 Å². The van der Waals surface area contributed by atoms with Gasteiger partial charge in [-0.2, -0.15) is 5.10 Å². The normalized spacial score (nSPS) is 11.0. The van der Waals surface area contributed by atoms with Gasteiger partial charge in [-0.05, 0) is 55.3 Å². The smallest absolute Gasteiger partial charge is 0.290 e. The molecule has 2 aromatic heterocycles. The summed E-state index contributed by atoms with van der Waals surface area (Å²) in [7, 11) is 0. The topological polar surface area (TPSA) is 92.1 Å². The first-order chi connectivity index (χ1) is 14.4. The van der Waals surface area contributed by atoms with Crippen molar-refractivity contribution in [2.45, 2.75) is 19.0 Å². The summed E-state index contributed by atoms with van der Waals surface area (Å²) >= 11 is 1.16. The standard InChI is InChI=1S/C21H18FN5O2S/c1-12-4-3-5-13(2)19(12)23-18(28)11-30-21-25-24-20(29)17-10-16(26-27(17)21)14-6-8-15(22)9-7-14/h3-10H,11H2,1-2H3,(H,23,28)(H,24,29). The molecule has 152 valence electrons. The molecule has 0 saturated carbocycles. The summed E-state index contributed by atoms with van der Waals surface area (Å²) in [4.78, 5) is 24.6. The van der Waals surface area contributed by atoms with Crippen molar-refractivity contribution in [1.29, 1.82) is 0 Å². The molecule has 2 aromatic carbocycles. The fourth-order valence-corrected chi connectivity index (χ4v) is 3.77. The molecule has 9 heteroatoms. The van der Waals surface area contributed by atoms with Gasteiger partial charge in [0.1, 0.15) is 11.3 Å². The molecule has 0 bridgehead atoms. The molecule has 0 fully saturated rings. The van der Waals surface area contributed by atoms with Gasteiger partial charge in [0.05, 0.1) is 11.4 Å². The number of nitrogens with one attached hydrogen (secondary N) is 2.